The van der Waals surface area contributed by atoms with E-state index in [0.717, 1.165) is 24.8 Å². The van der Waals surface area contributed by atoms with Crippen LogP contribution in [0.1, 0.15) is 43.7 Å². The molecular weight excluding hydrogens is 460 g/mol. The Kier molecular flexibility index (Phi) is 6.36. The van der Waals surface area contributed by atoms with Crippen molar-refractivity contribution < 1.29 is 29.1 Å². The van der Waals surface area contributed by atoms with Crippen molar-refractivity contribution in [3.05, 3.63) is 77.8 Å². The topological polar surface area (TPSA) is 113 Å². The quantitative estimate of drug-likeness (QED) is 0.493. The number of benzene rings is 2. The number of ketones is 1. The maximum absolute atomic E-state index is 14.1. The number of hydrogen-bond acceptors (Lipinski definition) is 7. The molecule has 1 aliphatic heterocycles. The molecule has 1 saturated carbocycles. The van der Waals surface area contributed by atoms with Crippen molar-refractivity contribution in [1.82, 2.24) is 5.16 Å². The van der Waals surface area contributed by atoms with E-state index in [1.807, 2.05) is 0 Å². The molecule has 1 amide bonds. The van der Waals surface area contributed by atoms with Gasteiger partial charge in [0.05, 0.1) is 30.7 Å². The van der Waals surface area contributed by atoms with Crippen molar-refractivity contribution in [2.45, 2.75) is 38.1 Å². The minimum atomic E-state index is -1.02. The molecule has 8 nitrogen and oxygen atoms in total. The van der Waals surface area contributed by atoms with Gasteiger partial charge in [0, 0.05) is 22.9 Å². The molecule has 2 N–H and O–H groups in total. The first-order valence-electron chi connectivity index (χ1n) is 12.1. The molecule has 0 radical (unpaired) electrons. The predicted octanol–water partition coefficient (Wildman–Crippen LogP) is 4.76. The maximum Gasteiger partial charge on any atom is 0.294 e. The van der Waals surface area contributed by atoms with E-state index in [4.69, 9.17) is 9.26 Å². The molecule has 2 heterocycles. The average Bonchev–Trinajstić information content (AvgIpc) is 3.56. The van der Waals surface area contributed by atoms with Crippen molar-refractivity contribution in [2.24, 2.45) is 5.41 Å². The van der Waals surface area contributed by atoms with Gasteiger partial charge in [-0.1, -0.05) is 54.8 Å². The molecule has 2 aliphatic rings. The van der Waals surface area contributed by atoms with Crippen molar-refractivity contribution in [2.75, 3.05) is 18.6 Å². The zero-order chi connectivity index (χ0) is 25.3. The number of carbonyl (C=O) groups excluding carboxylic acids is 2. The van der Waals surface area contributed by atoms with Crippen LogP contribution in [-0.2, 0) is 9.59 Å². The van der Waals surface area contributed by atoms with Gasteiger partial charge in [0.25, 0.3) is 5.91 Å². The van der Waals surface area contributed by atoms with Crippen LogP contribution in [0.4, 0.5) is 5.69 Å². The van der Waals surface area contributed by atoms with E-state index < -0.39 is 23.1 Å². The molecule has 186 valence electrons. The Morgan fingerprint density at radius 3 is 2.47 bits per heavy atom. The van der Waals surface area contributed by atoms with Crippen molar-refractivity contribution in [3.8, 4) is 17.0 Å². The number of aliphatic hydroxyl groups is 2. The number of anilines is 1. The Balaban J connectivity index is 1.63. The number of methoxy groups -OCH3 is 1. The highest BCUT2D eigenvalue weighted by atomic mass is 16.5. The molecular formula is C28H28N2O6. The van der Waals surface area contributed by atoms with E-state index >= 15 is 0 Å². The fourth-order valence-electron chi connectivity index (χ4n) is 5.42. The van der Waals surface area contributed by atoms with Gasteiger partial charge in [-0.15, -0.1) is 0 Å². The SMILES string of the molecule is COc1ccccc1C1C(C(=O)C2(CO)CCCCC2)=C(O)C(=O)N1c1ccc(-c2ccon2)cc1. The molecule has 1 fully saturated rings. The fraction of sp³-hybridized carbons (Fsp3) is 0.321. The summed E-state index contributed by atoms with van der Waals surface area (Å²) in [5.41, 5.74) is 1.50. The lowest BCUT2D eigenvalue weighted by Gasteiger charge is -2.36. The first kappa shape index (κ1) is 23.8. The Hall–Kier alpha value is -3.91. The van der Waals surface area contributed by atoms with Gasteiger partial charge in [-0.05, 0) is 31.0 Å². The van der Waals surface area contributed by atoms with Crippen LogP contribution in [0.5, 0.6) is 5.75 Å². The standard InChI is InChI=1S/C28H28N2O6/c1-35-22-8-4-3-7-20(22)24-23(26(33)28(17-31)14-5-2-6-15-28)25(32)27(34)30(24)19-11-9-18(10-12-19)21-13-16-36-29-21/h3-4,7-13,16,24,31-32H,2,5-6,14-15,17H2,1H3. The molecule has 36 heavy (non-hydrogen) atoms. The van der Waals surface area contributed by atoms with Gasteiger partial charge in [-0.2, -0.15) is 0 Å². The van der Waals surface area contributed by atoms with Crippen LogP contribution in [-0.4, -0.2) is 40.8 Å². The zero-order valence-electron chi connectivity index (χ0n) is 20.0. The monoisotopic (exact) mass is 488 g/mol. The number of ether oxygens (including phenoxy) is 1. The molecule has 1 unspecified atom stereocenters. The van der Waals surface area contributed by atoms with Crippen LogP contribution in [0, 0.1) is 5.41 Å². The first-order valence-corrected chi connectivity index (χ1v) is 12.1. The van der Waals surface area contributed by atoms with Crippen LogP contribution in [0.25, 0.3) is 11.3 Å². The molecule has 1 aromatic heterocycles. The van der Waals surface area contributed by atoms with Gasteiger partial charge in [0.15, 0.2) is 11.5 Å². The normalized spacial score (nSPS) is 19.6. The molecule has 0 saturated heterocycles. The van der Waals surface area contributed by atoms with E-state index in [0.29, 0.717) is 35.5 Å². The van der Waals surface area contributed by atoms with Crippen molar-refractivity contribution in [3.63, 3.8) is 0 Å². The van der Waals surface area contributed by atoms with Crippen LogP contribution < -0.4 is 9.64 Å². The van der Waals surface area contributed by atoms with Gasteiger partial charge in [0.2, 0.25) is 0 Å². The first-order chi connectivity index (χ1) is 17.5. The lowest BCUT2D eigenvalue weighted by molar-refractivity contribution is -0.129. The minimum absolute atomic E-state index is 0.000952. The predicted molar refractivity (Wildman–Crippen MR) is 132 cm³/mol. The number of rotatable bonds is 7. The Morgan fingerprint density at radius 1 is 1.11 bits per heavy atom. The summed E-state index contributed by atoms with van der Waals surface area (Å²) in [5, 5.41) is 25.4. The number of Topliss-reactive ketones (excluding diaryl/α,β-unsaturated/α-hetero) is 1. The highest BCUT2D eigenvalue weighted by molar-refractivity contribution is 6.18. The van der Waals surface area contributed by atoms with Gasteiger partial charge < -0.3 is 19.5 Å². The van der Waals surface area contributed by atoms with Crippen LogP contribution in [0.2, 0.25) is 0 Å². The molecule has 2 aromatic carbocycles. The van der Waals surface area contributed by atoms with Gasteiger partial charge in [-0.3, -0.25) is 14.5 Å². The Bertz CT molecular complexity index is 1290. The number of carbonyl (C=O) groups is 2. The Morgan fingerprint density at radius 2 is 1.83 bits per heavy atom. The Labute approximate surface area is 208 Å². The summed E-state index contributed by atoms with van der Waals surface area (Å²) in [6, 6.07) is 15.0. The minimum Gasteiger partial charge on any atom is -0.503 e. The summed E-state index contributed by atoms with van der Waals surface area (Å²) in [5.74, 6) is -1.16. The van der Waals surface area contributed by atoms with E-state index in [1.165, 1.54) is 18.3 Å². The number of nitrogens with zero attached hydrogens (tertiary/aromatic N) is 2. The summed E-state index contributed by atoms with van der Waals surface area (Å²) in [4.78, 5) is 29.0. The molecule has 1 atom stereocenters. The molecule has 5 rings (SSSR count). The summed E-state index contributed by atoms with van der Waals surface area (Å²) in [6.45, 7) is -0.332. The number of aromatic nitrogens is 1. The third-order valence-corrected chi connectivity index (χ3v) is 7.36. The molecule has 0 bridgehead atoms. The smallest absolute Gasteiger partial charge is 0.294 e. The molecule has 1 aliphatic carbocycles. The number of aliphatic hydroxyl groups excluding tert-OH is 2. The van der Waals surface area contributed by atoms with Crippen molar-refractivity contribution in [1.29, 1.82) is 0 Å². The van der Waals surface area contributed by atoms with Crippen LogP contribution in [0.3, 0.4) is 0 Å². The summed E-state index contributed by atoms with van der Waals surface area (Å²) >= 11 is 0. The summed E-state index contributed by atoms with van der Waals surface area (Å²) in [7, 11) is 1.52. The lowest BCUT2D eigenvalue weighted by atomic mass is 9.68. The summed E-state index contributed by atoms with van der Waals surface area (Å²) < 4.78 is 10.5. The second kappa shape index (κ2) is 9.62. The lowest BCUT2D eigenvalue weighted by Crippen LogP contribution is -2.40. The van der Waals surface area contributed by atoms with E-state index in [9.17, 15) is 19.8 Å². The van der Waals surface area contributed by atoms with E-state index in [1.54, 1.807) is 54.6 Å². The fourth-order valence-corrected chi connectivity index (χ4v) is 5.42. The van der Waals surface area contributed by atoms with Gasteiger partial charge in [-0.25, -0.2) is 0 Å². The average molecular weight is 489 g/mol. The third-order valence-electron chi connectivity index (χ3n) is 7.36. The maximum atomic E-state index is 14.1. The number of hydrogen-bond donors (Lipinski definition) is 2. The highest BCUT2D eigenvalue weighted by Crippen LogP contribution is 2.48. The number of amides is 1. The molecule has 0 spiro atoms. The third kappa shape index (κ3) is 3.87. The number of para-hydroxylation sites is 1. The zero-order valence-corrected chi connectivity index (χ0v) is 20.0. The van der Waals surface area contributed by atoms with E-state index in [2.05, 4.69) is 5.16 Å². The van der Waals surface area contributed by atoms with Crippen LogP contribution in [0.15, 0.2) is 76.7 Å². The largest absolute Gasteiger partial charge is 0.503 e. The van der Waals surface area contributed by atoms with Gasteiger partial charge >= 0.3 is 0 Å². The summed E-state index contributed by atoms with van der Waals surface area (Å²) in [6.07, 6.45) is 5.10. The highest BCUT2D eigenvalue weighted by Gasteiger charge is 2.51. The van der Waals surface area contributed by atoms with Crippen molar-refractivity contribution >= 4 is 17.4 Å². The second-order valence-corrected chi connectivity index (χ2v) is 9.34. The molecule has 3 aromatic rings. The van der Waals surface area contributed by atoms with E-state index in [-0.39, 0.29) is 18.0 Å². The van der Waals surface area contributed by atoms with Gasteiger partial charge in [0.1, 0.15) is 17.7 Å². The second-order valence-electron chi connectivity index (χ2n) is 9.34. The molecule has 8 heteroatoms. The van der Waals surface area contributed by atoms with Crippen LogP contribution >= 0.6 is 0 Å².